The molecule has 0 saturated carbocycles. The first-order valence-corrected chi connectivity index (χ1v) is 11.6. The number of hydrazone groups is 1. The van der Waals surface area contributed by atoms with Crippen molar-refractivity contribution in [3.05, 3.63) is 59.7 Å². The lowest BCUT2D eigenvalue weighted by Crippen LogP contribution is -2.19. The highest BCUT2D eigenvalue weighted by atomic mass is 32.2. The van der Waals surface area contributed by atoms with E-state index in [1.165, 1.54) is 34.9 Å². The van der Waals surface area contributed by atoms with Crippen LogP contribution in [0.3, 0.4) is 0 Å². The van der Waals surface area contributed by atoms with Crippen molar-refractivity contribution < 1.29 is 14.3 Å². The van der Waals surface area contributed by atoms with Crippen molar-refractivity contribution in [1.29, 1.82) is 0 Å². The molecule has 1 heterocycles. The number of aromatic nitrogens is 2. The van der Waals surface area contributed by atoms with Gasteiger partial charge in [0.2, 0.25) is 0 Å². The molecule has 0 fully saturated rings. The number of rotatable bonds is 10. The molecule has 1 aromatic heterocycles. The quantitative estimate of drug-likeness (QED) is 0.277. The summed E-state index contributed by atoms with van der Waals surface area (Å²) >= 11 is 4.45. The number of methoxy groups -OCH3 is 2. The molecule has 2 aromatic carbocycles. The lowest BCUT2D eigenvalue weighted by molar-refractivity contribution is -0.118. The molecule has 0 spiro atoms. The third-order valence-corrected chi connectivity index (χ3v) is 7.01. The van der Waals surface area contributed by atoms with Gasteiger partial charge in [0.05, 0.1) is 26.2 Å². The first kappa shape index (κ1) is 22.1. The van der Waals surface area contributed by atoms with Gasteiger partial charge in [0, 0.05) is 17.4 Å². The van der Waals surface area contributed by atoms with Crippen LogP contribution in [0.5, 0.6) is 11.5 Å². The highest BCUT2D eigenvalue weighted by Crippen LogP contribution is 2.30. The Morgan fingerprint density at radius 1 is 1.10 bits per heavy atom. The minimum absolute atomic E-state index is 0.203. The molecule has 7 nitrogen and oxygen atoms in total. The number of benzene rings is 2. The van der Waals surface area contributed by atoms with Crippen molar-refractivity contribution in [1.82, 2.24) is 15.6 Å². The zero-order valence-electron chi connectivity index (χ0n) is 16.4. The van der Waals surface area contributed by atoms with E-state index >= 15 is 0 Å². The van der Waals surface area contributed by atoms with Gasteiger partial charge in [-0.25, -0.2) is 5.43 Å². The first-order chi connectivity index (χ1) is 14.7. The lowest BCUT2D eigenvalue weighted by Gasteiger charge is -2.06. The van der Waals surface area contributed by atoms with E-state index in [9.17, 15) is 4.79 Å². The largest absolute Gasteiger partial charge is 0.497 e. The summed E-state index contributed by atoms with van der Waals surface area (Å²) in [5.74, 6) is 2.11. The molecule has 10 heteroatoms. The van der Waals surface area contributed by atoms with Crippen molar-refractivity contribution in [2.24, 2.45) is 5.10 Å². The second kappa shape index (κ2) is 11.6. The molecule has 0 unspecified atom stereocenters. The summed E-state index contributed by atoms with van der Waals surface area (Å²) < 4.78 is 12.1. The fraction of sp³-hybridized carbons (Fsp3) is 0.200. The van der Waals surface area contributed by atoms with Crippen LogP contribution >= 0.6 is 34.9 Å². The third-order valence-electron chi connectivity index (χ3n) is 3.75. The number of hydrogen-bond donors (Lipinski definition) is 1. The van der Waals surface area contributed by atoms with E-state index in [1.54, 1.807) is 44.2 Å². The normalized spacial score (nSPS) is 10.9. The average Bonchev–Trinajstić information content (AvgIpc) is 3.25. The molecule has 0 bridgehead atoms. The Morgan fingerprint density at radius 3 is 2.60 bits per heavy atom. The summed E-state index contributed by atoms with van der Waals surface area (Å²) in [5.41, 5.74) is 4.47. The summed E-state index contributed by atoms with van der Waals surface area (Å²) in [6, 6.07) is 15.5. The van der Waals surface area contributed by atoms with Crippen LogP contribution < -0.4 is 14.9 Å². The van der Waals surface area contributed by atoms with Crippen molar-refractivity contribution in [3.63, 3.8) is 0 Å². The molecule has 30 heavy (non-hydrogen) atoms. The van der Waals surface area contributed by atoms with Gasteiger partial charge in [0.25, 0.3) is 5.91 Å². The maximum atomic E-state index is 12.0. The molecule has 3 rings (SSSR count). The van der Waals surface area contributed by atoms with E-state index in [0.29, 0.717) is 11.5 Å². The highest BCUT2D eigenvalue weighted by Gasteiger charge is 2.09. The lowest BCUT2D eigenvalue weighted by atomic mass is 10.2. The smallest absolute Gasteiger partial charge is 0.250 e. The molecule has 0 saturated heterocycles. The van der Waals surface area contributed by atoms with Crippen LogP contribution in [0.1, 0.15) is 11.1 Å². The van der Waals surface area contributed by atoms with Gasteiger partial charge in [-0.15, -0.1) is 10.2 Å². The van der Waals surface area contributed by atoms with Crippen LogP contribution in [0.25, 0.3) is 0 Å². The van der Waals surface area contributed by atoms with Gasteiger partial charge in [-0.1, -0.05) is 65.2 Å². The van der Waals surface area contributed by atoms with Crippen molar-refractivity contribution in [3.8, 4) is 11.5 Å². The van der Waals surface area contributed by atoms with E-state index in [2.05, 4.69) is 32.9 Å². The van der Waals surface area contributed by atoms with Crippen LogP contribution in [0.2, 0.25) is 0 Å². The molecule has 3 aromatic rings. The number of ether oxygens (including phenoxy) is 2. The average molecular weight is 461 g/mol. The van der Waals surface area contributed by atoms with E-state index in [1.807, 2.05) is 18.2 Å². The molecule has 0 radical (unpaired) electrons. The minimum atomic E-state index is -0.225. The number of hydrogen-bond acceptors (Lipinski definition) is 9. The Kier molecular flexibility index (Phi) is 8.54. The summed E-state index contributed by atoms with van der Waals surface area (Å²) in [6.07, 6.45) is 1.53. The van der Waals surface area contributed by atoms with Crippen LogP contribution in [-0.4, -0.2) is 42.3 Å². The molecular weight excluding hydrogens is 440 g/mol. The number of carbonyl (C=O) groups is 1. The molecule has 0 aliphatic rings. The predicted octanol–water partition coefficient (Wildman–Crippen LogP) is 4.09. The zero-order chi connectivity index (χ0) is 21.2. The Labute approximate surface area is 187 Å². The Balaban J connectivity index is 1.44. The minimum Gasteiger partial charge on any atom is -0.497 e. The third kappa shape index (κ3) is 6.75. The Hall–Kier alpha value is -2.56. The Morgan fingerprint density at radius 2 is 1.87 bits per heavy atom. The first-order valence-electron chi connectivity index (χ1n) is 8.85. The molecular formula is C20H20N4O3S3. The second-order valence-corrected chi connectivity index (χ2v) is 9.22. The SMILES string of the molecule is COc1ccc(/C=N\NC(=O)CSc2nnc(SCc3ccccc3)s2)c(OC)c1. The van der Waals surface area contributed by atoms with Crippen molar-refractivity contribution in [2.75, 3.05) is 20.0 Å². The fourth-order valence-electron chi connectivity index (χ4n) is 2.29. The molecule has 0 atom stereocenters. The van der Waals surface area contributed by atoms with Gasteiger partial charge >= 0.3 is 0 Å². The number of amides is 1. The van der Waals surface area contributed by atoms with E-state index in [4.69, 9.17) is 9.47 Å². The summed E-state index contributed by atoms with van der Waals surface area (Å²) in [4.78, 5) is 12.0. The summed E-state index contributed by atoms with van der Waals surface area (Å²) in [7, 11) is 3.15. The van der Waals surface area contributed by atoms with Crippen LogP contribution in [0.4, 0.5) is 0 Å². The molecule has 156 valence electrons. The van der Waals surface area contributed by atoms with Gasteiger partial charge in [-0.2, -0.15) is 5.10 Å². The fourth-order valence-corrected chi connectivity index (χ4v) is 5.06. The topological polar surface area (TPSA) is 85.7 Å². The number of carbonyl (C=O) groups excluding carboxylic acids is 1. The standard InChI is InChI=1S/C20H20N4O3S3/c1-26-16-9-8-15(17(10-16)27-2)11-21-22-18(25)13-29-20-24-23-19(30-20)28-12-14-6-4-3-5-7-14/h3-11H,12-13H2,1-2H3,(H,22,25)/b21-11-. The van der Waals surface area contributed by atoms with E-state index in [-0.39, 0.29) is 11.7 Å². The molecule has 1 N–H and O–H groups in total. The monoisotopic (exact) mass is 460 g/mol. The van der Waals surface area contributed by atoms with Crippen molar-refractivity contribution in [2.45, 2.75) is 14.4 Å². The van der Waals surface area contributed by atoms with Gasteiger partial charge in [-0.3, -0.25) is 4.79 Å². The van der Waals surface area contributed by atoms with Gasteiger partial charge in [0.1, 0.15) is 11.5 Å². The molecule has 1 amide bonds. The van der Waals surface area contributed by atoms with Crippen molar-refractivity contribution >= 4 is 47.0 Å². The van der Waals surface area contributed by atoms with Crippen LogP contribution in [-0.2, 0) is 10.5 Å². The summed E-state index contributed by atoms with van der Waals surface area (Å²) in [5, 5.41) is 12.3. The molecule has 0 aliphatic heterocycles. The van der Waals surface area contributed by atoms with Gasteiger partial charge < -0.3 is 9.47 Å². The van der Waals surface area contributed by atoms with Crippen LogP contribution in [0.15, 0.2) is 62.3 Å². The number of nitrogens with one attached hydrogen (secondary N) is 1. The Bertz CT molecular complexity index is 996. The van der Waals surface area contributed by atoms with Gasteiger partial charge in [-0.05, 0) is 17.7 Å². The zero-order valence-corrected chi connectivity index (χ0v) is 18.9. The van der Waals surface area contributed by atoms with E-state index in [0.717, 1.165) is 20.0 Å². The second-order valence-electron chi connectivity index (χ2n) is 5.80. The van der Waals surface area contributed by atoms with E-state index < -0.39 is 0 Å². The highest BCUT2D eigenvalue weighted by molar-refractivity contribution is 8.03. The van der Waals surface area contributed by atoms with Crippen LogP contribution in [0, 0.1) is 0 Å². The number of nitrogens with zero attached hydrogens (tertiary/aromatic N) is 3. The number of thioether (sulfide) groups is 2. The summed E-state index contributed by atoms with van der Waals surface area (Å²) in [6.45, 7) is 0. The maximum absolute atomic E-state index is 12.0. The van der Waals surface area contributed by atoms with Gasteiger partial charge in [0.15, 0.2) is 8.68 Å². The maximum Gasteiger partial charge on any atom is 0.250 e. The predicted molar refractivity (Wildman–Crippen MR) is 122 cm³/mol. The molecule has 0 aliphatic carbocycles.